The lowest BCUT2D eigenvalue weighted by Gasteiger charge is -2.24. The van der Waals surface area contributed by atoms with E-state index in [1.54, 1.807) is 6.07 Å². The summed E-state index contributed by atoms with van der Waals surface area (Å²) in [6.07, 6.45) is 2.52. The second kappa shape index (κ2) is 7.82. The minimum atomic E-state index is -0.239. The molecular formula is C21H27N3O3. The Hall–Kier alpha value is -2.18. The summed E-state index contributed by atoms with van der Waals surface area (Å²) < 4.78 is 5.55. The maximum atomic E-state index is 12.6. The minimum absolute atomic E-state index is 0.0625. The largest absolute Gasteiger partial charge is 0.368 e. The maximum absolute atomic E-state index is 12.6. The molecule has 1 atom stereocenters. The van der Waals surface area contributed by atoms with Crippen LogP contribution >= 0.6 is 0 Å². The van der Waals surface area contributed by atoms with Gasteiger partial charge in [0, 0.05) is 62.0 Å². The van der Waals surface area contributed by atoms with E-state index < -0.39 is 0 Å². The summed E-state index contributed by atoms with van der Waals surface area (Å²) in [5, 5.41) is 0.739. The molecule has 2 fully saturated rings. The molecular weight excluding hydrogens is 342 g/mol. The molecule has 6 nitrogen and oxygen atoms in total. The van der Waals surface area contributed by atoms with Gasteiger partial charge < -0.3 is 14.6 Å². The van der Waals surface area contributed by atoms with Crippen LogP contribution in [-0.4, -0.2) is 59.6 Å². The topological polar surface area (TPSA) is 65.6 Å². The summed E-state index contributed by atoms with van der Waals surface area (Å²) in [5.74, 6) is 0.142. The number of rotatable bonds is 3. The predicted octanol–water partition coefficient (Wildman–Crippen LogP) is 2.05. The fourth-order valence-electron chi connectivity index (χ4n) is 4.07. The minimum Gasteiger partial charge on any atom is -0.368 e. The van der Waals surface area contributed by atoms with Crippen molar-refractivity contribution >= 4 is 16.8 Å². The molecule has 2 saturated heterocycles. The number of fused-ring (bicyclic) bond motifs is 1. The number of H-pyrrole nitrogens is 1. The van der Waals surface area contributed by atoms with Gasteiger partial charge in [-0.3, -0.25) is 14.5 Å². The first kappa shape index (κ1) is 18.2. The highest BCUT2D eigenvalue weighted by molar-refractivity contribution is 5.81. The summed E-state index contributed by atoms with van der Waals surface area (Å²) >= 11 is 0. The van der Waals surface area contributed by atoms with Crippen LogP contribution in [-0.2, 0) is 16.1 Å². The predicted molar refractivity (Wildman–Crippen MR) is 105 cm³/mol. The summed E-state index contributed by atoms with van der Waals surface area (Å²) in [7, 11) is 0. The van der Waals surface area contributed by atoms with E-state index in [-0.39, 0.29) is 17.4 Å². The molecule has 1 aromatic heterocycles. The zero-order chi connectivity index (χ0) is 18.8. The smallest absolute Gasteiger partial charge is 0.251 e. The van der Waals surface area contributed by atoms with Gasteiger partial charge in [0.15, 0.2) is 5.43 Å². The molecule has 2 aromatic rings. The van der Waals surface area contributed by atoms with Gasteiger partial charge in [-0.1, -0.05) is 11.6 Å². The van der Waals surface area contributed by atoms with E-state index in [9.17, 15) is 9.59 Å². The SMILES string of the molecule is Cc1ccc2[nH]c(CN3CCCN(C(=O)[C@@H]4CCCO4)CC3)cc(=O)c2c1. The van der Waals surface area contributed by atoms with Crippen LogP contribution in [0.15, 0.2) is 29.1 Å². The molecule has 144 valence electrons. The number of nitrogens with one attached hydrogen (secondary N) is 1. The van der Waals surface area contributed by atoms with Gasteiger partial charge in [-0.2, -0.15) is 0 Å². The lowest BCUT2D eigenvalue weighted by molar-refractivity contribution is -0.140. The van der Waals surface area contributed by atoms with E-state index in [4.69, 9.17) is 4.74 Å². The molecule has 0 spiro atoms. The van der Waals surface area contributed by atoms with E-state index in [0.717, 1.165) is 67.6 Å². The van der Waals surface area contributed by atoms with Crippen LogP contribution in [0.3, 0.4) is 0 Å². The highest BCUT2D eigenvalue weighted by Crippen LogP contribution is 2.17. The van der Waals surface area contributed by atoms with Crippen molar-refractivity contribution < 1.29 is 9.53 Å². The first-order valence-electron chi connectivity index (χ1n) is 9.85. The number of amides is 1. The van der Waals surface area contributed by atoms with Gasteiger partial charge in [-0.25, -0.2) is 0 Å². The molecule has 0 unspecified atom stereocenters. The average Bonchev–Trinajstić information content (AvgIpc) is 3.09. The molecule has 1 aromatic carbocycles. The van der Waals surface area contributed by atoms with Crippen LogP contribution in [0.4, 0.5) is 0 Å². The normalized spacial score (nSPS) is 21.5. The average molecular weight is 369 g/mol. The molecule has 27 heavy (non-hydrogen) atoms. The van der Waals surface area contributed by atoms with Gasteiger partial charge in [0.1, 0.15) is 6.10 Å². The van der Waals surface area contributed by atoms with E-state index in [1.165, 1.54) is 0 Å². The number of aryl methyl sites for hydroxylation is 1. The lowest BCUT2D eigenvalue weighted by Crippen LogP contribution is -2.41. The van der Waals surface area contributed by atoms with Crippen molar-refractivity contribution in [2.75, 3.05) is 32.8 Å². The standard InChI is InChI=1S/C21H27N3O3/c1-15-5-6-18-17(12-15)19(25)13-16(22-18)14-23-7-3-8-24(10-9-23)21(26)20-4-2-11-27-20/h5-6,12-13,20H,2-4,7-11,14H2,1H3,(H,22,25)/t20-/m0/s1. The summed E-state index contributed by atoms with van der Waals surface area (Å²) in [5.41, 5.74) is 2.96. The van der Waals surface area contributed by atoms with Gasteiger partial charge in [0.2, 0.25) is 0 Å². The van der Waals surface area contributed by atoms with Gasteiger partial charge >= 0.3 is 0 Å². The highest BCUT2D eigenvalue weighted by Gasteiger charge is 2.29. The van der Waals surface area contributed by atoms with Crippen molar-refractivity contribution in [2.45, 2.75) is 38.8 Å². The summed E-state index contributed by atoms with van der Waals surface area (Å²) in [4.78, 5) is 32.7. The molecule has 2 aliphatic heterocycles. The number of aromatic nitrogens is 1. The second-order valence-corrected chi connectivity index (χ2v) is 7.66. The third-order valence-electron chi connectivity index (χ3n) is 5.54. The molecule has 3 heterocycles. The van der Waals surface area contributed by atoms with Crippen molar-refractivity contribution in [1.82, 2.24) is 14.8 Å². The molecule has 2 aliphatic rings. The van der Waals surface area contributed by atoms with Crippen LogP contribution in [0.25, 0.3) is 10.9 Å². The number of carbonyl (C=O) groups excluding carboxylic acids is 1. The Balaban J connectivity index is 1.43. The summed E-state index contributed by atoms with van der Waals surface area (Å²) in [6, 6.07) is 7.63. The van der Waals surface area contributed by atoms with Crippen molar-refractivity contribution in [2.24, 2.45) is 0 Å². The summed E-state index contributed by atoms with van der Waals surface area (Å²) in [6.45, 7) is 6.62. The van der Waals surface area contributed by atoms with Crippen LogP contribution in [0.2, 0.25) is 0 Å². The Morgan fingerprint density at radius 1 is 1.19 bits per heavy atom. The Kier molecular flexibility index (Phi) is 5.27. The van der Waals surface area contributed by atoms with Gasteiger partial charge in [-0.05, 0) is 38.3 Å². The van der Waals surface area contributed by atoms with E-state index in [0.29, 0.717) is 13.2 Å². The number of carbonyl (C=O) groups is 1. The monoisotopic (exact) mass is 369 g/mol. The van der Waals surface area contributed by atoms with Crippen molar-refractivity contribution in [1.29, 1.82) is 0 Å². The van der Waals surface area contributed by atoms with Gasteiger partial charge in [0.25, 0.3) is 5.91 Å². The molecule has 6 heteroatoms. The third-order valence-corrected chi connectivity index (χ3v) is 5.54. The quantitative estimate of drug-likeness (QED) is 0.899. The van der Waals surface area contributed by atoms with E-state index in [1.807, 2.05) is 30.0 Å². The Labute approximate surface area is 159 Å². The first-order chi connectivity index (χ1) is 13.1. The number of benzene rings is 1. The molecule has 1 N–H and O–H groups in total. The Morgan fingerprint density at radius 3 is 2.89 bits per heavy atom. The maximum Gasteiger partial charge on any atom is 0.251 e. The zero-order valence-corrected chi connectivity index (χ0v) is 15.9. The van der Waals surface area contributed by atoms with Gasteiger partial charge in [0.05, 0.1) is 0 Å². The van der Waals surface area contributed by atoms with Crippen LogP contribution in [0.5, 0.6) is 0 Å². The molecule has 0 radical (unpaired) electrons. The van der Waals surface area contributed by atoms with Crippen LogP contribution in [0.1, 0.15) is 30.5 Å². The number of pyridine rings is 1. The molecule has 0 aliphatic carbocycles. The molecule has 0 bridgehead atoms. The number of ether oxygens (including phenoxy) is 1. The van der Waals surface area contributed by atoms with Crippen molar-refractivity contribution in [3.8, 4) is 0 Å². The van der Waals surface area contributed by atoms with Crippen molar-refractivity contribution in [3.63, 3.8) is 0 Å². The number of aromatic amines is 1. The lowest BCUT2D eigenvalue weighted by atomic mass is 10.1. The zero-order valence-electron chi connectivity index (χ0n) is 15.9. The highest BCUT2D eigenvalue weighted by atomic mass is 16.5. The first-order valence-corrected chi connectivity index (χ1v) is 9.85. The number of hydrogen-bond donors (Lipinski definition) is 1. The van der Waals surface area contributed by atoms with E-state index in [2.05, 4.69) is 9.88 Å². The van der Waals surface area contributed by atoms with Crippen LogP contribution < -0.4 is 5.43 Å². The Bertz CT molecular complexity index is 886. The van der Waals surface area contributed by atoms with E-state index >= 15 is 0 Å². The van der Waals surface area contributed by atoms with Crippen molar-refractivity contribution in [3.05, 3.63) is 45.7 Å². The number of hydrogen-bond acceptors (Lipinski definition) is 4. The molecule has 1 amide bonds. The fourth-order valence-corrected chi connectivity index (χ4v) is 4.07. The third kappa shape index (κ3) is 4.06. The Morgan fingerprint density at radius 2 is 2.07 bits per heavy atom. The second-order valence-electron chi connectivity index (χ2n) is 7.66. The fraction of sp³-hybridized carbons (Fsp3) is 0.524. The molecule has 0 saturated carbocycles. The van der Waals surface area contributed by atoms with Crippen LogP contribution in [0, 0.1) is 6.92 Å². The van der Waals surface area contributed by atoms with Gasteiger partial charge in [-0.15, -0.1) is 0 Å². The molecule has 4 rings (SSSR count). The number of nitrogens with zero attached hydrogens (tertiary/aromatic N) is 2.